The molecule has 2 fully saturated rings. The molecule has 2 atom stereocenters. The van der Waals surface area contributed by atoms with Crippen molar-refractivity contribution < 1.29 is 9.69 Å². The summed E-state index contributed by atoms with van der Waals surface area (Å²) in [5.74, 6) is 1.98. The van der Waals surface area contributed by atoms with Crippen molar-refractivity contribution in [3.8, 4) is 0 Å². The van der Waals surface area contributed by atoms with Crippen LogP contribution in [0, 0.1) is 11.8 Å². The summed E-state index contributed by atoms with van der Waals surface area (Å²) in [4.78, 5) is 38.6. The van der Waals surface area contributed by atoms with Gasteiger partial charge in [-0.05, 0) is 43.6 Å². The largest absolute Gasteiger partial charge is 0.331 e. The molecule has 0 unspecified atom stereocenters. The van der Waals surface area contributed by atoms with Gasteiger partial charge < -0.3 is 14.8 Å². The van der Waals surface area contributed by atoms with Crippen molar-refractivity contribution in [2.45, 2.75) is 45.6 Å². The molecule has 2 aromatic heterocycles. The number of piperazine rings is 1. The van der Waals surface area contributed by atoms with E-state index in [0.717, 1.165) is 68.0 Å². The third-order valence-corrected chi connectivity index (χ3v) is 7.69. The standard InChI is InChI=1S/C20H26N4O2S/c1-12-10-14(12)20(26)24-8-6-23(7-9-24)11-16-21-18(25)17-13-4-2-3-5-15(13)27-19(17)22-16/h12,14H,2-11H2,1H3,(H,21,22,25)/p+1/t12-,14+/m0/s1. The van der Waals surface area contributed by atoms with E-state index in [1.165, 1.54) is 28.2 Å². The van der Waals surface area contributed by atoms with E-state index in [1.807, 2.05) is 4.90 Å². The molecule has 2 N–H and O–H groups in total. The molecule has 1 aliphatic heterocycles. The van der Waals surface area contributed by atoms with Crippen LogP contribution in [0.5, 0.6) is 0 Å². The molecule has 0 bridgehead atoms. The molecular formula is C20H27N4O2S+. The molecule has 1 saturated heterocycles. The zero-order valence-corrected chi connectivity index (χ0v) is 16.7. The molecule has 0 aromatic carbocycles. The second-order valence-corrected chi connectivity index (χ2v) is 9.56. The van der Waals surface area contributed by atoms with Gasteiger partial charge in [0.2, 0.25) is 5.91 Å². The van der Waals surface area contributed by atoms with E-state index in [-0.39, 0.29) is 11.5 Å². The number of rotatable bonds is 3. The molecule has 2 aliphatic carbocycles. The van der Waals surface area contributed by atoms with Gasteiger partial charge in [-0.15, -0.1) is 11.3 Å². The monoisotopic (exact) mass is 387 g/mol. The van der Waals surface area contributed by atoms with Crippen molar-refractivity contribution in [2.75, 3.05) is 26.2 Å². The zero-order chi connectivity index (χ0) is 18.5. The highest BCUT2D eigenvalue weighted by Crippen LogP contribution is 2.39. The predicted molar refractivity (Wildman–Crippen MR) is 105 cm³/mol. The number of carbonyl (C=O) groups excluding carboxylic acids is 1. The molecule has 0 spiro atoms. The number of quaternary nitrogens is 1. The first-order valence-corrected chi connectivity index (χ1v) is 11.1. The van der Waals surface area contributed by atoms with Crippen LogP contribution < -0.4 is 10.5 Å². The van der Waals surface area contributed by atoms with Crippen LogP contribution in [0.15, 0.2) is 4.79 Å². The number of nitrogens with one attached hydrogen (secondary N) is 2. The van der Waals surface area contributed by atoms with Crippen LogP contribution >= 0.6 is 11.3 Å². The minimum atomic E-state index is 0.0327. The second kappa shape index (κ2) is 6.71. The average molecular weight is 388 g/mol. The lowest BCUT2D eigenvalue weighted by Crippen LogP contribution is -3.13. The van der Waals surface area contributed by atoms with Gasteiger partial charge in [-0.3, -0.25) is 9.59 Å². The quantitative estimate of drug-likeness (QED) is 0.816. The van der Waals surface area contributed by atoms with Gasteiger partial charge in [0.1, 0.15) is 11.4 Å². The maximum atomic E-state index is 12.7. The van der Waals surface area contributed by atoms with Crippen molar-refractivity contribution >= 4 is 27.5 Å². The summed E-state index contributed by atoms with van der Waals surface area (Å²) < 4.78 is 0. The summed E-state index contributed by atoms with van der Waals surface area (Å²) in [6.45, 7) is 6.37. The van der Waals surface area contributed by atoms with E-state index < -0.39 is 0 Å². The molecule has 3 aliphatic rings. The van der Waals surface area contributed by atoms with Gasteiger partial charge in [-0.1, -0.05) is 6.92 Å². The van der Waals surface area contributed by atoms with E-state index in [9.17, 15) is 9.59 Å². The van der Waals surface area contributed by atoms with E-state index in [1.54, 1.807) is 11.3 Å². The maximum absolute atomic E-state index is 12.7. The SMILES string of the molecule is C[C@H]1C[C@H]1C(=O)N1CC[NH+](Cc2nc3sc4c(c3c(=O)[nH]2)CCCC4)CC1. The van der Waals surface area contributed by atoms with Crippen LogP contribution in [-0.2, 0) is 24.2 Å². The van der Waals surface area contributed by atoms with Gasteiger partial charge in [0.15, 0.2) is 5.82 Å². The highest BCUT2D eigenvalue weighted by Gasteiger charge is 2.42. The number of aromatic amines is 1. The van der Waals surface area contributed by atoms with Crippen LogP contribution in [0.1, 0.15) is 42.5 Å². The van der Waals surface area contributed by atoms with Crippen LogP contribution in [0.3, 0.4) is 0 Å². The normalized spacial score (nSPS) is 25.6. The fourth-order valence-electron chi connectivity index (χ4n) is 4.65. The van der Waals surface area contributed by atoms with Gasteiger partial charge in [0, 0.05) is 10.8 Å². The molecule has 1 amide bonds. The molecule has 3 heterocycles. The smallest absolute Gasteiger partial charge is 0.260 e. The molecule has 27 heavy (non-hydrogen) atoms. The molecule has 7 heteroatoms. The summed E-state index contributed by atoms with van der Waals surface area (Å²) in [6, 6.07) is 0. The Kier molecular flexibility index (Phi) is 4.31. The summed E-state index contributed by atoms with van der Waals surface area (Å²) in [7, 11) is 0. The fraction of sp³-hybridized carbons (Fsp3) is 0.650. The zero-order valence-electron chi connectivity index (χ0n) is 15.8. The summed E-state index contributed by atoms with van der Waals surface area (Å²) in [5.41, 5.74) is 1.28. The van der Waals surface area contributed by atoms with Gasteiger partial charge in [0.05, 0.1) is 31.6 Å². The Morgan fingerprint density at radius 1 is 1.30 bits per heavy atom. The lowest BCUT2D eigenvalue weighted by molar-refractivity contribution is -0.918. The van der Waals surface area contributed by atoms with Crippen molar-refractivity contribution in [1.82, 2.24) is 14.9 Å². The number of carbonyl (C=O) groups is 1. The number of hydrogen-bond acceptors (Lipinski definition) is 4. The number of aryl methyl sites for hydroxylation is 2. The number of thiophene rings is 1. The third kappa shape index (κ3) is 3.21. The lowest BCUT2D eigenvalue weighted by atomic mass is 9.97. The Morgan fingerprint density at radius 3 is 2.78 bits per heavy atom. The first-order chi connectivity index (χ1) is 13.1. The molecule has 6 nitrogen and oxygen atoms in total. The second-order valence-electron chi connectivity index (χ2n) is 8.48. The number of aromatic nitrogens is 2. The van der Waals surface area contributed by atoms with Crippen LogP contribution in [0.25, 0.3) is 10.2 Å². The van der Waals surface area contributed by atoms with Gasteiger partial charge in [-0.2, -0.15) is 0 Å². The number of fused-ring (bicyclic) bond motifs is 3. The van der Waals surface area contributed by atoms with Gasteiger partial charge >= 0.3 is 0 Å². The Labute approximate surface area is 162 Å². The predicted octanol–water partition coefficient (Wildman–Crippen LogP) is 0.747. The highest BCUT2D eigenvalue weighted by atomic mass is 32.1. The van der Waals surface area contributed by atoms with Crippen LogP contribution in [-0.4, -0.2) is 47.0 Å². The number of nitrogens with zero attached hydrogens (tertiary/aromatic N) is 2. The Hall–Kier alpha value is -1.73. The van der Waals surface area contributed by atoms with Crippen molar-refractivity contribution in [3.05, 3.63) is 26.6 Å². The van der Waals surface area contributed by atoms with E-state index >= 15 is 0 Å². The summed E-state index contributed by atoms with van der Waals surface area (Å²) in [5, 5.41) is 0.836. The van der Waals surface area contributed by atoms with E-state index in [4.69, 9.17) is 4.98 Å². The number of amides is 1. The number of hydrogen-bond donors (Lipinski definition) is 2. The van der Waals surface area contributed by atoms with E-state index in [2.05, 4.69) is 11.9 Å². The van der Waals surface area contributed by atoms with Crippen molar-refractivity contribution in [3.63, 3.8) is 0 Å². The average Bonchev–Trinajstić information content (AvgIpc) is 3.27. The minimum Gasteiger partial charge on any atom is -0.331 e. The Morgan fingerprint density at radius 2 is 2.04 bits per heavy atom. The minimum absolute atomic E-state index is 0.0327. The molecule has 5 rings (SSSR count). The lowest BCUT2D eigenvalue weighted by Gasteiger charge is -2.32. The third-order valence-electron chi connectivity index (χ3n) is 6.50. The van der Waals surface area contributed by atoms with Crippen LogP contribution in [0.2, 0.25) is 0 Å². The molecule has 2 aromatic rings. The highest BCUT2D eigenvalue weighted by molar-refractivity contribution is 7.18. The van der Waals surface area contributed by atoms with Crippen LogP contribution in [0.4, 0.5) is 0 Å². The Bertz CT molecular complexity index is 941. The number of H-pyrrole nitrogens is 1. The first-order valence-electron chi connectivity index (χ1n) is 10.3. The van der Waals surface area contributed by atoms with E-state index in [0.29, 0.717) is 11.8 Å². The maximum Gasteiger partial charge on any atom is 0.260 e. The summed E-state index contributed by atoms with van der Waals surface area (Å²) in [6.07, 6.45) is 5.55. The molecule has 1 saturated carbocycles. The Balaban J connectivity index is 1.28. The fourth-order valence-corrected chi connectivity index (χ4v) is 5.93. The topological polar surface area (TPSA) is 70.5 Å². The molecular weight excluding hydrogens is 360 g/mol. The van der Waals surface area contributed by atoms with Gasteiger partial charge in [0.25, 0.3) is 5.56 Å². The summed E-state index contributed by atoms with van der Waals surface area (Å²) >= 11 is 1.71. The van der Waals surface area contributed by atoms with Crippen molar-refractivity contribution in [2.24, 2.45) is 11.8 Å². The van der Waals surface area contributed by atoms with Crippen molar-refractivity contribution in [1.29, 1.82) is 0 Å². The molecule has 0 radical (unpaired) electrons. The van der Waals surface area contributed by atoms with Gasteiger partial charge in [-0.25, -0.2) is 4.98 Å². The first kappa shape index (κ1) is 17.4. The molecule has 144 valence electrons.